The molecule has 84 valence electrons. The summed E-state index contributed by atoms with van der Waals surface area (Å²) in [5, 5.41) is 3.42. The molecule has 0 aliphatic carbocycles. The van der Waals surface area contributed by atoms with Gasteiger partial charge in [-0.15, -0.1) is 12.4 Å². The SMILES string of the molecule is CCNC1COc2ccc(C)cc2C1.Cl. The number of hydrogen-bond donors (Lipinski definition) is 1. The van der Waals surface area contributed by atoms with Gasteiger partial charge in [-0.05, 0) is 31.5 Å². The average Bonchev–Trinajstić information content (AvgIpc) is 2.17. The molecule has 0 spiro atoms. The average molecular weight is 228 g/mol. The van der Waals surface area contributed by atoms with Gasteiger partial charge in [-0.2, -0.15) is 0 Å². The van der Waals surface area contributed by atoms with E-state index in [-0.39, 0.29) is 12.4 Å². The quantitative estimate of drug-likeness (QED) is 0.838. The maximum Gasteiger partial charge on any atom is 0.122 e. The standard InChI is InChI=1S/C12H17NO.ClH/c1-3-13-11-7-10-6-9(2)4-5-12(10)14-8-11;/h4-6,11,13H,3,7-8H2,1-2H3;1H. The molecule has 1 aromatic rings. The summed E-state index contributed by atoms with van der Waals surface area (Å²) in [4.78, 5) is 0. The Morgan fingerprint density at radius 1 is 1.47 bits per heavy atom. The second kappa shape index (κ2) is 5.38. The second-order valence-electron chi connectivity index (χ2n) is 3.88. The van der Waals surface area contributed by atoms with Crippen molar-refractivity contribution in [2.45, 2.75) is 26.3 Å². The number of benzene rings is 1. The summed E-state index contributed by atoms with van der Waals surface area (Å²) < 4.78 is 5.68. The van der Waals surface area contributed by atoms with E-state index in [2.05, 4.69) is 37.4 Å². The molecule has 0 fully saturated rings. The minimum atomic E-state index is 0. The van der Waals surface area contributed by atoms with E-state index >= 15 is 0 Å². The number of aryl methyl sites for hydroxylation is 1. The van der Waals surface area contributed by atoms with Gasteiger partial charge in [0, 0.05) is 6.04 Å². The van der Waals surface area contributed by atoms with Crippen LogP contribution in [0.3, 0.4) is 0 Å². The molecule has 1 aliphatic rings. The minimum Gasteiger partial charge on any atom is -0.492 e. The summed E-state index contributed by atoms with van der Waals surface area (Å²) in [6.07, 6.45) is 1.09. The van der Waals surface area contributed by atoms with Crippen molar-refractivity contribution in [2.75, 3.05) is 13.2 Å². The number of hydrogen-bond acceptors (Lipinski definition) is 2. The largest absolute Gasteiger partial charge is 0.492 e. The van der Waals surface area contributed by atoms with E-state index in [1.54, 1.807) is 0 Å². The summed E-state index contributed by atoms with van der Waals surface area (Å²) in [5.74, 6) is 1.06. The smallest absolute Gasteiger partial charge is 0.122 e. The van der Waals surface area contributed by atoms with Gasteiger partial charge in [-0.1, -0.05) is 24.6 Å². The fourth-order valence-electron chi connectivity index (χ4n) is 1.94. The van der Waals surface area contributed by atoms with Gasteiger partial charge >= 0.3 is 0 Å². The molecule has 1 atom stereocenters. The number of nitrogens with one attached hydrogen (secondary N) is 1. The first kappa shape index (κ1) is 12.3. The van der Waals surface area contributed by atoms with Crippen LogP contribution in [0.25, 0.3) is 0 Å². The maximum absolute atomic E-state index is 5.68. The number of halogens is 1. The molecule has 1 unspecified atom stereocenters. The fraction of sp³-hybridized carbons (Fsp3) is 0.500. The third-order valence-corrected chi connectivity index (χ3v) is 2.62. The normalized spacial score (nSPS) is 18.7. The molecule has 1 N–H and O–H groups in total. The van der Waals surface area contributed by atoms with Crippen LogP contribution in [0.4, 0.5) is 0 Å². The molecule has 0 radical (unpaired) electrons. The van der Waals surface area contributed by atoms with E-state index in [1.807, 2.05) is 0 Å². The Balaban J connectivity index is 0.00000112. The van der Waals surface area contributed by atoms with Gasteiger partial charge in [0.1, 0.15) is 12.4 Å². The minimum absolute atomic E-state index is 0. The summed E-state index contributed by atoms with van der Waals surface area (Å²) in [7, 11) is 0. The zero-order valence-corrected chi connectivity index (χ0v) is 10.1. The Labute approximate surface area is 97.4 Å². The van der Waals surface area contributed by atoms with Gasteiger partial charge in [-0.25, -0.2) is 0 Å². The summed E-state index contributed by atoms with van der Waals surface area (Å²) >= 11 is 0. The molecule has 1 aromatic carbocycles. The van der Waals surface area contributed by atoms with E-state index in [4.69, 9.17) is 4.74 Å². The van der Waals surface area contributed by atoms with Gasteiger partial charge in [0.05, 0.1) is 0 Å². The Hall–Kier alpha value is -0.730. The van der Waals surface area contributed by atoms with E-state index < -0.39 is 0 Å². The van der Waals surface area contributed by atoms with Crippen LogP contribution in [-0.2, 0) is 6.42 Å². The topological polar surface area (TPSA) is 21.3 Å². The zero-order valence-electron chi connectivity index (χ0n) is 9.25. The first-order valence-corrected chi connectivity index (χ1v) is 5.25. The third-order valence-electron chi connectivity index (χ3n) is 2.62. The Kier molecular flexibility index (Phi) is 4.43. The van der Waals surface area contributed by atoms with E-state index in [0.717, 1.165) is 25.3 Å². The number of likely N-dealkylation sites (N-methyl/N-ethyl adjacent to an activating group) is 1. The van der Waals surface area contributed by atoms with Crippen LogP contribution in [-0.4, -0.2) is 19.2 Å². The lowest BCUT2D eigenvalue weighted by Crippen LogP contribution is -2.39. The van der Waals surface area contributed by atoms with Gasteiger partial charge in [0.2, 0.25) is 0 Å². The highest BCUT2D eigenvalue weighted by atomic mass is 35.5. The Bertz CT molecular complexity index is 327. The van der Waals surface area contributed by atoms with Gasteiger partial charge < -0.3 is 10.1 Å². The molecular formula is C12H18ClNO. The number of ether oxygens (including phenoxy) is 1. The van der Waals surface area contributed by atoms with Gasteiger partial charge in [0.25, 0.3) is 0 Å². The Morgan fingerprint density at radius 2 is 2.27 bits per heavy atom. The number of fused-ring (bicyclic) bond motifs is 1. The van der Waals surface area contributed by atoms with Crippen LogP contribution < -0.4 is 10.1 Å². The summed E-state index contributed by atoms with van der Waals surface area (Å²) in [5.41, 5.74) is 2.65. The van der Waals surface area contributed by atoms with Gasteiger partial charge in [0.15, 0.2) is 0 Å². The second-order valence-corrected chi connectivity index (χ2v) is 3.88. The maximum atomic E-state index is 5.68. The third kappa shape index (κ3) is 2.86. The molecule has 2 rings (SSSR count). The first-order valence-electron chi connectivity index (χ1n) is 5.25. The highest BCUT2D eigenvalue weighted by Gasteiger charge is 2.18. The molecule has 2 nitrogen and oxygen atoms in total. The Morgan fingerprint density at radius 3 is 3.00 bits per heavy atom. The monoisotopic (exact) mass is 227 g/mol. The van der Waals surface area contributed by atoms with Crippen molar-refractivity contribution in [3.8, 4) is 5.75 Å². The van der Waals surface area contributed by atoms with Crippen LogP contribution in [0.5, 0.6) is 5.75 Å². The van der Waals surface area contributed by atoms with Crippen LogP contribution >= 0.6 is 12.4 Å². The highest BCUT2D eigenvalue weighted by molar-refractivity contribution is 5.85. The summed E-state index contributed by atoms with van der Waals surface area (Å²) in [6.45, 7) is 6.06. The van der Waals surface area contributed by atoms with Crippen molar-refractivity contribution >= 4 is 12.4 Å². The summed E-state index contributed by atoms with van der Waals surface area (Å²) in [6, 6.07) is 6.88. The predicted octanol–water partition coefficient (Wildman–Crippen LogP) is 2.33. The van der Waals surface area contributed by atoms with Gasteiger partial charge in [-0.3, -0.25) is 0 Å². The van der Waals surface area contributed by atoms with Crippen molar-refractivity contribution in [1.82, 2.24) is 5.32 Å². The first-order chi connectivity index (χ1) is 6.79. The zero-order chi connectivity index (χ0) is 9.97. The number of rotatable bonds is 2. The van der Waals surface area contributed by atoms with Crippen molar-refractivity contribution in [3.63, 3.8) is 0 Å². The fourth-order valence-corrected chi connectivity index (χ4v) is 1.94. The molecule has 0 saturated carbocycles. The van der Waals surface area contributed by atoms with E-state index in [9.17, 15) is 0 Å². The predicted molar refractivity (Wildman–Crippen MR) is 65.1 cm³/mol. The lowest BCUT2D eigenvalue weighted by atomic mass is 10.0. The van der Waals surface area contributed by atoms with Crippen molar-refractivity contribution in [1.29, 1.82) is 0 Å². The van der Waals surface area contributed by atoms with Crippen molar-refractivity contribution < 1.29 is 4.74 Å². The molecule has 15 heavy (non-hydrogen) atoms. The molecule has 3 heteroatoms. The van der Waals surface area contributed by atoms with Crippen molar-refractivity contribution in [3.05, 3.63) is 29.3 Å². The van der Waals surface area contributed by atoms with E-state index in [1.165, 1.54) is 11.1 Å². The molecule has 0 aromatic heterocycles. The molecule has 0 amide bonds. The molecule has 0 bridgehead atoms. The molecule has 1 heterocycles. The van der Waals surface area contributed by atoms with Crippen molar-refractivity contribution in [2.24, 2.45) is 0 Å². The van der Waals surface area contributed by atoms with E-state index in [0.29, 0.717) is 6.04 Å². The molecular weight excluding hydrogens is 210 g/mol. The van der Waals surface area contributed by atoms with Crippen LogP contribution in [0.1, 0.15) is 18.1 Å². The van der Waals surface area contributed by atoms with Crippen LogP contribution in [0.2, 0.25) is 0 Å². The van der Waals surface area contributed by atoms with Crippen LogP contribution in [0.15, 0.2) is 18.2 Å². The van der Waals surface area contributed by atoms with Crippen LogP contribution in [0, 0.1) is 6.92 Å². The lowest BCUT2D eigenvalue weighted by Gasteiger charge is -2.26. The lowest BCUT2D eigenvalue weighted by molar-refractivity contribution is 0.241. The highest BCUT2D eigenvalue weighted by Crippen LogP contribution is 2.25. The molecule has 0 saturated heterocycles. The molecule has 1 aliphatic heterocycles.